The highest BCUT2D eigenvalue weighted by Crippen LogP contribution is 2.73. The van der Waals surface area contributed by atoms with Crippen molar-refractivity contribution < 1.29 is 4.79 Å². The molecule has 3 heteroatoms. The maximum Gasteiger partial charge on any atom is 0.229 e. The molecular weight excluding hydrogens is 356 g/mol. The molecule has 1 aromatic rings. The summed E-state index contributed by atoms with van der Waals surface area (Å²) in [5, 5.41) is 0. The Morgan fingerprint density at radius 1 is 1.17 bits per heavy atom. The van der Waals surface area contributed by atoms with E-state index < -0.39 is 0 Å². The van der Waals surface area contributed by atoms with Crippen LogP contribution in [0.5, 0.6) is 0 Å². The molecule has 2 N–H and O–H groups in total. The van der Waals surface area contributed by atoms with E-state index in [9.17, 15) is 4.79 Å². The number of carbonyl (C=O) groups is 1. The third kappa shape index (κ3) is 2.76. The van der Waals surface area contributed by atoms with Crippen LogP contribution in [0.4, 0.5) is 0 Å². The van der Waals surface area contributed by atoms with Gasteiger partial charge >= 0.3 is 0 Å². The summed E-state index contributed by atoms with van der Waals surface area (Å²) in [5.41, 5.74) is 8.00. The van der Waals surface area contributed by atoms with E-state index in [-0.39, 0.29) is 22.3 Å². The van der Waals surface area contributed by atoms with Crippen molar-refractivity contribution in [1.82, 2.24) is 4.90 Å². The lowest BCUT2D eigenvalue weighted by Crippen LogP contribution is -2.57. The van der Waals surface area contributed by atoms with Crippen LogP contribution in [0, 0.1) is 28.6 Å². The minimum atomic E-state index is -0.115. The molecule has 0 spiro atoms. The van der Waals surface area contributed by atoms with Crippen LogP contribution in [0.2, 0.25) is 0 Å². The molecule has 3 nitrogen and oxygen atoms in total. The Labute approximate surface area is 176 Å². The normalized spacial score (nSPS) is 42.4. The number of nitrogens with zero attached hydrogens (tertiary/aromatic N) is 1. The van der Waals surface area contributed by atoms with E-state index in [0.29, 0.717) is 11.8 Å². The van der Waals surface area contributed by atoms with Crippen LogP contribution in [-0.2, 0) is 10.2 Å². The number of likely N-dealkylation sites (tertiary alicyclic amines) is 1. The van der Waals surface area contributed by atoms with Gasteiger partial charge in [-0.2, -0.15) is 0 Å². The van der Waals surface area contributed by atoms with Crippen LogP contribution >= 0.6 is 0 Å². The Hall–Kier alpha value is -1.35. The topological polar surface area (TPSA) is 46.3 Å². The van der Waals surface area contributed by atoms with Gasteiger partial charge in [0.05, 0.1) is 5.41 Å². The molecule has 1 saturated heterocycles. The lowest BCUT2D eigenvalue weighted by atomic mass is 9.61. The fraction of sp³-hybridized carbons (Fsp3) is 0.731. The van der Waals surface area contributed by atoms with Crippen molar-refractivity contribution in [3.63, 3.8) is 0 Å². The van der Waals surface area contributed by atoms with Crippen molar-refractivity contribution in [2.45, 2.75) is 77.2 Å². The highest BCUT2D eigenvalue weighted by Gasteiger charge is 2.71. The van der Waals surface area contributed by atoms with Gasteiger partial charge in [-0.3, -0.25) is 4.79 Å². The predicted octanol–water partition coefficient (Wildman–Crippen LogP) is 4.75. The fourth-order valence-electron chi connectivity index (χ4n) is 8.12. The first-order valence-corrected chi connectivity index (χ1v) is 11.9. The van der Waals surface area contributed by atoms with Crippen molar-refractivity contribution in [2.75, 3.05) is 13.1 Å². The van der Waals surface area contributed by atoms with Crippen LogP contribution in [0.15, 0.2) is 30.3 Å². The molecule has 4 saturated carbocycles. The smallest absolute Gasteiger partial charge is 0.229 e. The number of piperidine rings is 1. The van der Waals surface area contributed by atoms with E-state index in [4.69, 9.17) is 5.73 Å². The number of hydrogen-bond acceptors (Lipinski definition) is 2. The summed E-state index contributed by atoms with van der Waals surface area (Å²) < 4.78 is 0. The first kappa shape index (κ1) is 19.6. The largest absolute Gasteiger partial charge is 0.342 e. The second kappa shape index (κ2) is 6.57. The van der Waals surface area contributed by atoms with E-state index in [2.05, 4.69) is 56.0 Å². The van der Waals surface area contributed by atoms with Gasteiger partial charge in [-0.15, -0.1) is 0 Å². The highest BCUT2D eigenvalue weighted by molar-refractivity contribution is 5.85. The Kier molecular flexibility index (Phi) is 4.44. The maximum atomic E-state index is 14.2. The van der Waals surface area contributed by atoms with Gasteiger partial charge in [-0.25, -0.2) is 0 Å². The van der Waals surface area contributed by atoms with Crippen molar-refractivity contribution in [3.05, 3.63) is 35.9 Å². The van der Waals surface area contributed by atoms with Gasteiger partial charge < -0.3 is 10.6 Å². The molecule has 5 aliphatic rings. The van der Waals surface area contributed by atoms with E-state index >= 15 is 0 Å². The van der Waals surface area contributed by atoms with E-state index in [1.165, 1.54) is 31.2 Å². The molecule has 1 aromatic carbocycles. The lowest BCUT2D eigenvalue weighted by Gasteiger charge is -2.47. The number of rotatable bonds is 4. The number of nitrogens with two attached hydrogens (primary N) is 1. The molecule has 4 aliphatic carbocycles. The maximum absolute atomic E-state index is 14.2. The van der Waals surface area contributed by atoms with Gasteiger partial charge in [0.25, 0.3) is 0 Å². The van der Waals surface area contributed by atoms with Crippen LogP contribution in [-0.4, -0.2) is 29.9 Å². The third-order valence-electron chi connectivity index (χ3n) is 9.41. The summed E-state index contributed by atoms with van der Waals surface area (Å²) in [7, 11) is 0. The summed E-state index contributed by atoms with van der Waals surface area (Å²) in [6, 6.07) is 11.3. The summed E-state index contributed by atoms with van der Waals surface area (Å²) >= 11 is 0. The van der Waals surface area contributed by atoms with Crippen LogP contribution in [0.25, 0.3) is 0 Å². The molecule has 1 heterocycles. The molecule has 158 valence electrons. The van der Waals surface area contributed by atoms with Gasteiger partial charge in [0.1, 0.15) is 0 Å². The van der Waals surface area contributed by atoms with E-state index in [0.717, 1.165) is 44.2 Å². The lowest BCUT2D eigenvalue weighted by molar-refractivity contribution is -0.148. The Morgan fingerprint density at radius 3 is 2.62 bits per heavy atom. The van der Waals surface area contributed by atoms with E-state index in [1.54, 1.807) is 0 Å². The summed E-state index contributed by atoms with van der Waals surface area (Å²) in [6.45, 7) is 8.45. The fourth-order valence-corrected chi connectivity index (χ4v) is 8.12. The molecule has 6 rings (SSSR count). The molecule has 0 radical (unpaired) electrons. The number of amides is 1. The minimum absolute atomic E-state index is 0.0140. The Bertz CT molecular complexity index is 789. The van der Waals surface area contributed by atoms with Crippen molar-refractivity contribution in [1.29, 1.82) is 0 Å². The SMILES string of the molecule is CCCC1C2CC3(c4ccccc4)CC1C(C(=O)N1CC[C@H](N)C(C)(C)C1)(C2)C3. The molecule has 1 amide bonds. The minimum Gasteiger partial charge on any atom is -0.342 e. The van der Waals surface area contributed by atoms with Gasteiger partial charge in [-0.05, 0) is 66.3 Å². The number of hydrogen-bond donors (Lipinski definition) is 1. The quantitative estimate of drug-likeness (QED) is 0.801. The molecule has 0 aromatic heterocycles. The highest BCUT2D eigenvalue weighted by atomic mass is 16.2. The molecule has 5 unspecified atom stereocenters. The Morgan fingerprint density at radius 2 is 1.93 bits per heavy atom. The molecule has 1 aliphatic heterocycles. The average Bonchev–Trinajstić information content (AvgIpc) is 3.08. The molecule has 4 bridgehead atoms. The monoisotopic (exact) mass is 394 g/mol. The zero-order valence-corrected chi connectivity index (χ0v) is 18.5. The molecule has 6 atom stereocenters. The molecule has 5 fully saturated rings. The van der Waals surface area contributed by atoms with Gasteiger partial charge in [0.2, 0.25) is 5.91 Å². The van der Waals surface area contributed by atoms with Gasteiger partial charge in [0, 0.05) is 19.1 Å². The Balaban J connectivity index is 1.49. The van der Waals surface area contributed by atoms with Crippen molar-refractivity contribution in [3.8, 4) is 0 Å². The van der Waals surface area contributed by atoms with Gasteiger partial charge in [0.15, 0.2) is 0 Å². The number of benzene rings is 1. The summed E-state index contributed by atoms with van der Waals surface area (Å²) in [6.07, 6.45) is 8.21. The second-order valence-corrected chi connectivity index (χ2v) is 11.5. The first-order chi connectivity index (χ1) is 13.8. The van der Waals surface area contributed by atoms with Crippen LogP contribution < -0.4 is 5.73 Å². The molecular formula is C26H38N2O. The van der Waals surface area contributed by atoms with Crippen LogP contribution in [0.3, 0.4) is 0 Å². The standard InChI is InChI=1S/C26H38N2O/c1-4-8-20-18-13-25(19-9-6-5-7-10-19)15-21(20)26(14-18,16-25)23(29)28-12-11-22(27)24(2,3)17-28/h5-7,9-10,18,20-22H,4,8,11-17,27H2,1-3H3/t18?,20?,21?,22-,25?,26?/m0/s1. The van der Waals surface area contributed by atoms with Crippen molar-refractivity contribution >= 4 is 5.91 Å². The second-order valence-electron chi connectivity index (χ2n) is 11.5. The molecule has 29 heavy (non-hydrogen) atoms. The average molecular weight is 395 g/mol. The predicted molar refractivity (Wildman–Crippen MR) is 117 cm³/mol. The van der Waals surface area contributed by atoms with Crippen molar-refractivity contribution in [2.24, 2.45) is 34.3 Å². The summed E-state index contributed by atoms with van der Waals surface area (Å²) in [4.78, 5) is 16.4. The zero-order valence-electron chi connectivity index (χ0n) is 18.5. The number of carbonyl (C=O) groups excluding carboxylic acids is 1. The van der Waals surface area contributed by atoms with E-state index in [1.807, 2.05) is 0 Å². The third-order valence-corrected chi connectivity index (χ3v) is 9.41. The van der Waals surface area contributed by atoms with Gasteiger partial charge in [-0.1, -0.05) is 63.9 Å². The van der Waals surface area contributed by atoms with Crippen LogP contribution in [0.1, 0.15) is 71.3 Å². The zero-order chi connectivity index (χ0) is 20.4. The first-order valence-electron chi connectivity index (χ1n) is 11.9. The summed E-state index contributed by atoms with van der Waals surface area (Å²) in [5.74, 6) is 2.53.